The highest BCUT2D eigenvalue weighted by molar-refractivity contribution is 5.99. The molecule has 0 saturated carbocycles. The quantitative estimate of drug-likeness (QED) is 0.886. The van der Waals surface area contributed by atoms with Crippen molar-refractivity contribution in [2.75, 3.05) is 5.32 Å². The number of hydrogen-bond donors (Lipinski definition) is 2. The van der Waals surface area contributed by atoms with E-state index in [4.69, 9.17) is 5.73 Å². The van der Waals surface area contributed by atoms with Crippen molar-refractivity contribution in [3.05, 3.63) is 52.7 Å². The first-order valence-corrected chi connectivity index (χ1v) is 6.09. The zero-order chi connectivity index (χ0) is 14.0. The third-order valence-corrected chi connectivity index (χ3v) is 2.87. The predicted octanol–water partition coefficient (Wildman–Crippen LogP) is 2.85. The molecule has 0 aliphatic rings. The van der Waals surface area contributed by atoms with Crippen LogP contribution in [0.4, 0.5) is 11.5 Å². The molecule has 2 aromatic rings. The number of carbonyl (C=O) groups excluding carboxylic acids is 1. The first kappa shape index (κ1) is 13.1. The predicted molar refractivity (Wildman–Crippen MR) is 76.7 cm³/mol. The summed E-state index contributed by atoms with van der Waals surface area (Å²) < 4.78 is 0. The summed E-state index contributed by atoms with van der Waals surface area (Å²) in [5.74, 6) is 0.0377. The van der Waals surface area contributed by atoms with Crippen molar-refractivity contribution >= 4 is 17.4 Å². The molecule has 98 valence electrons. The minimum atomic E-state index is -0.472. The lowest BCUT2D eigenvalue weighted by Crippen LogP contribution is -2.16. The van der Waals surface area contributed by atoms with Crippen LogP contribution in [-0.4, -0.2) is 10.9 Å². The number of anilines is 2. The van der Waals surface area contributed by atoms with E-state index in [9.17, 15) is 4.79 Å². The van der Waals surface area contributed by atoms with Crippen LogP contribution in [0, 0.1) is 20.8 Å². The number of pyridine rings is 1. The number of carbonyl (C=O) groups is 1. The van der Waals surface area contributed by atoms with Gasteiger partial charge in [-0.1, -0.05) is 12.1 Å². The Balaban J connectivity index is 2.47. The van der Waals surface area contributed by atoms with Gasteiger partial charge < -0.3 is 11.1 Å². The van der Waals surface area contributed by atoms with E-state index in [1.165, 1.54) is 0 Å². The highest BCUT2D eigenvalue weighted by Gasteiger charge is 2.14. The van der Waals surface area contributed by atoms with Crippen molar-refractivity contribution in [2.24, 2.45) is 5.73 Å². The maximum atomic E-state index is 11.6. The van der Waals surface area contributed by atoms with Crippen LogP contribution in [0.1, 0.15) is 27.2 Å². The normalized spacial score (nSPS) is 10.3. The summed E-state index contributed by atoms with van der Waals surface area (Å²) in [5, 5.41) is 3.16. The van der Waals surface area contributed by atoms with E-state index in [2.05, 4.69) is 10.3 Å². The second-order valence-electron chi connectivity index (χ2n) is 4.66. The molecular weight excluding hydrogens is 238 g/mol. The summed E-state index contributed by atoms with van der Waals surface area (Å²) in [5.41, 5.74) is 9.56. The lowest BCUT2D eigenvalue weighted by Gasteiger charge is -2.12. The van der Waals surface area contributed by atoms with Crippen molar-refractivity contribution in [1.82, 2.24) is 4.98 Å². The SMILES string of the molecule is Cc1cccc(Nc2nc(C)cc(C)c2C(N)=O)c1. The van der Waals surface area contributed by atoms with Crippen molar-refractivity contribution in [3.8, 4) is 0 Å². The van der Waals surface area contributed by atoms with E-state index in [0.29, 0.717) is 11.4 Å². The van der Waals surface area contributed by atoms with E-state index < -0.39 is 5.91 Å². The van der Waals surface area contributed by atoms with E-state index in [1.807, 2.05) is 51.1 Å². The fraction of sp³-hybridized carbons (Fsp3) is 0.200. The minimum Gasteiger partial charge on any atom is -0.365 e. The van der Waals surface area contributed by atoms with Gasteiger partial charge in [-0.15, -0.1) is 0 Å². The summed E-state index contributed by atoms with van der Waals surface area (Å²) in [7, 11) is 0. The average molecular weight is 255 g/mol. The van der Waals surface area contributed by atoms with Crippen LogP contribution in [0.5, 0.6) is 0 Å². The number of hydrogen-bond acceptors (Lipinski definition) is 3. The van der Waals surface area contributed by atoms with Gasteiger partial charge in [-0.25, -0.2) is 4.98 Å². The number of primary amides is 1. The molecule has 0 bridgehead atoms. The number of rotatable bonds is 3. The highest BCUT2D eigenvalue weighted by Crippen LogP contribution is 2.22. The maximum Gasteiger partial charge on any atom is 0.252 e. The van der Waals surface area contributed by atoms with E-state index in [-0.39, 0.29) is 0 Å². The van der Waals surface area contributed by atoms with Gasteiger partial charge in [-0.3, -0.25) is 4.79 Å². The van der Waals surface area contributed by atoms with Gasteiger partial charge in [0.2, 0.25) is 0 Å². The first-order valence-electron chi connectivity index (χ1n) is 6.09. The van der Waals surface area contributed by atoms with Crippen LogP contribution < -0.4 is 11.1 Å². The molecule has 0 aliphatic heterocycles. The standard InChI is InChI=1S/C15H17N3O/c1-9-5-4-6-12(7-9)18-15-13(14(16)19)10(2)8-11(3)17-15/h4-8H,1-3H3,(H2,16,19)(H,17,18). The Bertz CT molecular complexity index is 635. The molecule has 0 atom stereocenters. The van der Waals surface area contributed by atoms with Gasteiger partial charge in [0.1, 0.15) is 5.82 Å². The zero-order valence-electron chi connectivity index (χ0n) is 11.3. The van der Waals surface area contributed by atoms with Gasteiger partial charge in [0, 0.05) is 11.4 Å². The summed E-state index contributed by atoms with van der Waals surface area (Å²) >= 11 is 0. The second kappa shape index (κ2) is 5.10. The Hall–Kier alpha value is -2.36. The monoisotopic (exact) mass is 255 g/mol. The summed E-state index contributed by atoms with van der Waals surface area (Å²) in [4.78, 5) is 15.9. The summed E-state index contributed by atoms with van der Waals surface area (Å²) in [6.07, 6.45) is 0. The number of benzene rings is 1. The third-order valence-electron chi connectivity index (χ3n) is 2.87. The van der Waals surface area contributed by atoms with E-state index >= 15 is 0 Å². The van der Waals surface area contributed by atoms with E-state index in [0.717, 1.165) is 22.5 Å². The minimum absolute atomic E-state index is 0.437. The van der Waals surface area contributed by atoms with Crippen molar-refractivity contribution in [3.63, 3.8) is 0 Å². The van der Waals surface area contributed by atoms with Gasteiger partial charge in [-0.2, -0.15) is 0 Å². The van der Waals surface area contributed by atoms with Gasteiger partial charge in [0.15, 0.2) is 0 Å². The smallest absolute Gasteiger partial charge is 0.252 e. The Morgan fingerprint density at radius 2 is 1.95 bits per heavy atom. The largest absolute Gasteiger partial charge is 0.365 e. The molecule has 0 radical (unpaired) electrons. The first-order chi connectivity index (χ1) is 8.97. The molecular formula is C15H17N3O. The molecule has 4 heteroatoms. The van der Waals surface area contributed by atoms with Gasteiger partial charge in [0.05, 0.1) is 5.56 Å². The average Bonchev–Trinajstić information content (AvgIpc) is 2.26. The summed E-state index contributed by atoms with van der Waals surface area (Å²) in [6, 6.07) is 9.72. The van der Waals surface area contributed by atoms with Crippen molar-refractivity contribution < 1.29 is 4.79 Å². The Kier molecular flexibility index (Phi) is 3.51. The van der Waals surface area contributed by atoms with E-state index in [1.54, 1.807) is 0 Å². The summed E-state index contributed by atoms with van der Waals surface area (Å²) in [6.45, 7) is 5.75. The molecule has 1 aromatic carbocycles. The van der Waals surface area contributed by atoms with Crippen LogP contribution >= 0.6 is 0 Å². The van der Waals surface area contributed by atoms with Crippen LogP contribution in [0.2, 0.25) is 0 Å². The number of nitrogens with zero attached hydrogens (tertiary/aromatic N) is 1. The molecule has 0 fully saturated rings. The van der Waals surface area contributed by atoms with Crippen molar-refractivity contribution in [1.29, 1.82) is 0 Å². The third kappa shape index (κ3) is 2.91. The maximum absolute atomic E-state index is 11.6. The number of nitrogens with two attached hydrogens (primary N) is 1. The Morgan fingerprint density at radius 1 is 1.21 bits per heavy atom. The van der Waals surface area contributed by atoms with Crippen molar-refractivity contribution in [2.45, 2.75) is 20.8 Å². The molecule has 19 heavy (non-hydrogen) atoms. The molecule has 0 spiro atoms. The number of amides is 1. The molecule has 1 heterocycles. The fourth-order valence-corrected chi connectivity index (χ4v) is 2.10. The molecule has 0 aliphatic carbocycles. The topological polar surface area (TPSA) is 68.0 Å². The number of aromatic nitrogens is 1. The molecule has 3 N–H and O–H groups in total. The molecule has 4 nitrogen and oxygen atoms in total. The van der Waals surface area contributed by atoms with Crippen LogP contribution in [-0.2, 0) is 0 Å². The zero-order valence-corrected chi connectivity index (χ0v) is 11.3. The van der Waals surface area contributed by atoms with Crippen LogP contribution in [0.3, 0.4) is 0 Å². The lowest BCUT2D eigenvalue weighted by molar-refractivity contribution is 0.100. The fourth-order valence-electron chi connectivity index (χ4n) is 2.10. The Morgan fingerprint density at radius 3 is 2.58 bits per heavy atom. The Labute approximate surface area is 112 Å². The van der Waals surface area contributed by atoms with Crippen LogP contribution in [0.15, 0.2) is 30.3 Å². The molecule has 2 rings (SSSR count). The second-order valence-corrected chi connectivity index (χ2v) is 4.66. The van der Waals surface area contributed by atoms with Crippen LogP contribution in [0.25, 0.3) is 0 Å². The lowest BCUT2D eigenvalue weighted by atomic mass is 10.1. The molecule has 0 saturated heterocycles. The van der Waals surface area contributed by atoms with Gasteiger partial charge >= 0.3 is 0 Å². The number of nitrogens with one attached hydrogen (secondary N) is 1. The van der Waals surface area contributed by atoms with Gasteiger partial charge in [0.25, 0.3) is 5.91 Å². The van der Waals surface area contributed by atoms with Gasteiger partial charge in [-0.05, 0) is 50.1 Å². The highest BCUT2D eigenvalue weighted by atomic mass is 16.1. The molecule has 1 amide bonds. The molecule has 1 aromatic heterocycles. The number of aryl methyl sites for hydroxylation is 3. The molecule has 0 unspecified atom stereocenters.